The maximum atomic E-state index is 9.67. The molecular formula is C14H27NO3. The third kappa shape index (κ3) is 3.92. The van der Waals surface area contributed by atoms with Gasteiger partial charge in [0, 0.05) is 38.3 Å². The first kappa shape index (κ1) is 14.3. The number of ether oxygens (including phenoxy) is 2. The van der Waals surface area contributed by atoms with Gasteiger partial charge < -0.3 is 19.5 Å². The van der Waals surface area contributed by atoms with E-state index >= 15 is 0 Å². The Morgan fingerprint density at radius 1 is 1.22 bits per heavy atom. The maximum Gasteiger partial charge on any atom is 0.0556 e. The number of aliphatic hydroxyl groups excluding tert-OH is 1. The Hall–Kier alpha value is -0.160. The Morgan fingerprint density at radius 3 is 2.61 bits per heavy atom. The summed E-state index contributed by atoms with van der Waals surface area (Å²) in [5.74, 6) is 0.754. The van der Waals surface area contributed by atoms with E-state index in [2.05, 4.69) is 11.9 Å². The van der Waals surface area contributed by atoms with Crippen LogP contribution in [0, 0.1) is 11.3 Å². The minimum atomic E-state index is -0.0296. The van der Waals surface area contributed by atoms with Gasteiger partial charge in [-0.25, -0.2) is 0 Å². The molecule has 0 aromatic carbocycles. The number of hydrogen-bond acceptors (Lipinski definition) is 4. The van der Waals surface area contributed by atoms with Crippen LogP contribution in [0.1, 0.15) is 25.7 Å². The van der Waals surface area contributed by atoms with Crippen molar-refractivity contribution in [1.82, 2.24) is 4.90 Å². The van der Waals surface area contributed by atoms with E-state index in [1.165, 1.54) is 12.8 Å². The molecule has 2 saturated heterocycles. The lowest BCUT2D eigenvalue weighted by Gasteiger charge is -2.39. The van der Waals surface area contributed by atoms with Crippen molar-refractivity contribution in [3.05, 3.63) is 0 Å². The molecule has 0 radical (unpaired) electrons. The molecule has 0 saturated carbocycles. The molecule has 2 heterocycles. The van der Waals surface area contributed by atoms with E-state index < -0.39 is 0 Å². The van der Waals surface area contributed by atoms with Gasteiger partial charge in [-0.05, 0) is 38.6 Å². The lowest BCUT2D eigenvalue weighted by atomic mass is 9.82. The average molecular weight is 257 g/mol. The molecule has 18 heavy (non-hydrogen) atoms. The van der Waals surface area contributed by atoms with Gasteiger partial charge in [0.2, 0.25) is 0 Å². The highest BCUT2D eigenvalue weighted by atomic mass is 16.5. The molecule has 0 aromatic heterocycles. The summed E-state index contributed by atoms with van der Waals surface area (Å²) >= 11 is 0. The van der Waals surface area contributed by atoms with Crippen molar-refractivity contribution in [3.8, 4) is 0 Å². The van der Waals surface area contributed by atoms with Crippen molar-refractivity contribution in [2.45, 2.75) is 25.7 Å². The minimum Gasteiger partial charge on any atom is -0.396 e. The second-order valence-corrected chi connectivity index (χ2v) is 6.07. The van der Waals surface area contributed by atoms with Gasteiger partial charge in [-0.1, -0.05) is 0 Å². The van der Waals surface area contributed by atoms with Crippen LogP contribution in [-0.4, -0.2) is 63.2 Å². The van der Waals surface area contributed by atoms with E-state index in [1.54, 1.807) is 0 Å². The van der Waals surface area contributed by atoms with Crippen LogP contribution in [0.3, 0.4) is 0 Å². The molecule has 4 nitrogen and oxygen atoms in total. The topological polar surface area (TPSA) is 41.9 Å². The zero-order valence-corrected chi connectivity index (χ0v) is 11.6. The normalized spacial score (nSPS) is 30.8. The fraction of sp³-hybridized carbons (Fsp3) is 1.00. The lowest BCUT2D eigenvalue weighted by Crippen LogP contribution is -2.45. The molecule has 2 rings (SSSR count). The molecule has 0 aromatic rings. The molecule has 1 N–H and O–H groups in total. The molecule has 0 aliphatic carbocycles. The van der Waals surface area contributed by atoms with Crippen molar-refractivity contribution in [1.29, 1.82) is 0 Å². The highest BCUT2D eigenvalue weighted by molar-refractivity contribution is 4.84. The van der Waals surface area contributed by atoms with Crippen molar-refractivity contribution in [3.63, 3.8) is 0 Å². The second kappa shape index (κ2) is 6.85. The Labute approximate surface area is 110 Å². The second-order valence-electron chi connectivity index (χ2n) is 6.07. The zero-order chi connectivity index (χ0) is 12.8. The van der Waals surface area contributed by atoms with Gasteiger partial charge in [-0.15, -0.1) is 0 Å². The van der Waals surface area contributed by atoms with Gasteiger partial charge in [-0.3, -0.25) is 0 Å². The molecule has 0 spiro atoms. The Kier molecular flexibility index (Phi) is 5.42. The van der Waals surface area contributed by atoms with Crippen LogP contribution in [-0.2, 0) is 9.47 Å². The molecule has 0 bridgehead atoms. The van der Waals surface area contributed by atoms with Crippen molar-refractivity contribution >= 4 is 0 Å². The molecule has 2 fully saturated rings. The summed E-state index contributed by atoms with van der Waals surface area (Å²) in [4.78, 5) is 2.38. The first-order chi connectivity index (χ1) is 8.74. The average Bonchev–Trinajstić information content (AvgIpc) is 2.41. The number of aliphatic hydroxyl groups is 1. The predicted molar refractivity (Wildman–Crippen MR) is 70.6 cm³/mol. The van der Waals surface area contributed by atoms with Crippen LogP contribution < -0.4 is 0 Å². The van der Waals surface area contributed by atoms with E-state index in [-0.39, 0.29) is 12.0 Å². The van der Waals surface area contributed by atoms with E-state index in [1.807, 2.05) is 0 Å². The summed E-state index contributed by atoms with van der Waals surface area (Å²) in [5, 5.41) is 9.67. The molecular weight excluding hydrogens is 230 g/mol. The number of nitrogens with zero attached hydrogens (tertiary/aromatic N) is 1. The Bertz CT molecular complexity index is 235. The lowest BCUT2D eigenvalue weighted by molar-refractivity contribution is -0.0554. The molecule has 106 valence electrons. The maximum absolute atomic E-state index is 9.67. The predicted octanol–water partition coefficient (Wildman–Crippen LogP) is 1.13. The first-order valence-corrected chi connectivity index (χ1v) is 7.19. The van der Waals surface area contributed by atoms with Crippen molar-refractivity contribution in [2.24, 2.45) is 11.3 Å². The highest BCUT2D eigenvalue weighted by Crippen LogP contribution is 2.29. The molecule has 0 amide bonds. The van der Waals surface area contributed by atoms with Crippen LogP contribution in [0.25, 0.3) is 0 Å². The van der Waals surface area contributed by atoms with Gasteiger partial charge in [0.1, 0.15) is 0 Å². The summed E-state index contributed by atoms with van der Waals surface area (Å²) in [6.45, 7) is 5.68. The van der Waals surface area contributed by atoms with Gasteiger partial charge in [0.25, 0.3) is 0 Å². The molecule has 1 unspecified atom stereocenters. The first-order valence-electron chi connectivity index (χ1n) is 7.19. The van der Waals surface area contributed by atoms with Crippen molar-refractivity contribution < 1.29 is 14.6 Å². The molecule has 4 heteroatoms. The molecule has 2 aliphatic heterocycles. The van der Waals surface area contributed by atoms with E-state index in [4.69, 9.17) is 9.47 Å². The fourth-order valence-corrected chi connectivity index (χ4v) is 3.22. The largest absolute Gasteiger partial charge is 0.396 e. The zero-order valence-electron chi connectivity index (χ0n) is 11.6. The quantitative estimate of drug-likeness (QED) is 0.802. The van der Waals surface area contributed by atoms with E-state index in [0.717, 1.165) is 51.7 Å². The van der Waals surface area contributed by atoms with Crippen LogP contribution in [0.5, 0.6) is 0 Å². The summed E-state index contributed by atoms with van der Waals surface area (Å²) in [6.07, 6.45) is 4.51. The summed E-state index contributed by atoms with van der Waals surface area (Å²) in [7, 11) is 2.17. The minimum absolute atomic E-state index is 0.0296. The van der Waals surface area contributed by atoms with Crippen molar-refractivity contribution in [2.75, 3.05) is 53.2 Å². The van der Waals surface area contributed by atoms with E-state index in [0.29, 0.717) is 6.61 Å². The highest BCUT2D eigenvalue weighted by Gasteiger charge is 2.33. The summed E-state index contributed by atoms with van der Waals surface area (Å²) in [6, 6.07) is 0. The smallest absolute Gasteiger partial charge is 0.0556 e. The van der Waals surface area contributed by atoms with Gasteiger partial charge in [0.15, 0.2) is 0 Å². The Balaban J connectivity index is 1.78. The standard InChI is InChI=1S/C14H27NO3/c1-15(9-13-3-7-17-8-4-13)10-14(11-16)5-2-6-18-12-14/h13,16H,2-12H2,1H3. The summed E-state index contributed by atoms with van der Waals surface area (Å²) in [5.41, 5.74) is -0.0296. The Morgan fingerprint density at radius 2 is 2.00 bits per heavy atom. The van der Waals surface area contributed by atoms with Gasteiger partial charge in [-0.2, -0.15) is 0 Å². The molecule has 2 aliphatic rings. The van der Waals surface area contributed by atoms with Crippen LogP contribution >= 0.6 is 0 Å². The number of hydrogen-bond donors (Lipinski definition) is 1. The number of rotatable bonds is 5. The van der Waals surface area contributed by atoms with Gasteiger partial charge >= 0.3 is 0 Å². The SMILES string of the molecule is CN(CC1CCOCC1)CC1(CO)CCCOC1. The third-order valence-corrected chi connectivity index (χ3v) is 4.26. The van der Waals surface area contributed by atoms with Crippen LogP contribution in [0.2, 0.25) is 0 Å². The van der Waals surface area contributed by atoms with Gasteiger partial charge in [0.05, 0.1) is 13.2 Å². The fourth-order valence-electron chi connectivity index (χ4n) is 3.22. The third-order valence-electron chi connectivity index (χ3n) is 4.26. The van der Waals surface area contributed by atoms with E-state index in [9.17, 15) is 5.11 Å². The monoisotopic (exact) mass is 257 g/mol. The molecule has 1 atom stereocenters. The van der Waals surface area contributed by atoms with Crippen LogP contribution in [0.4, 0.5) is 0 Å². The van der Waals surface area contributed by atoms with Crippen LogP contribution in [0.15, 0.2) is 0 Å². The summed E-state index contributed by atoms with van der Waals surface area (Å²) < 4.78 is 11.0.